The maximum absolute atomic E-state index is 5.00. The normalized spacial score (nSPS) is 38.4. The van der Waals surface area contributed by atoms with E-state index >= 15 is 0 Å². The molecule has 1 fully saturated rings. The Hall–Kier alpha value is -6.07. The summed E-state index contributed by atoms with van der Waals surface area (Å²) in [4.78, 5) is 5.00. The van der Waals surface area contributed by atoms with Crippen molar-refractivity contribution in [3.63, 3.8) is 0 Å². The standard InChI is InChI=1S/C75H80N4/c1-10-22-69-47(13-1)35-39-70(77-69)48-27-25-46(26-28-48)54-38-40-71(49-29-31-50(32-30-49)74-45-76-72-23-11-12-24-73(72)78-74)79-75-65(52-34-37-64-60-19-5-3-15-56(60)58-17-7-9-21-62(58)67(64)42-52)43-53(44-68(54)75)51-33-36-63-59-18-4-2-14-55(59)57-16-6-8-20-61(57)66(63)41-51/h2,4-6,8-10,12,14,18-22,24-25,27,29-31,34-35,37,39,41,44-45,47,50,53-55,57,59,65,67,69-71,74-75,77-79H,1,3,7,11,13,15-17,23,26,28,32-33,36,38,40,42-43H2. The van der Waals surface area contributed by atoms with Crippen LogP contribution in [-0.2, 0) is 0 Å². The zero-order valence-corrected chi connectivity index (χ0v) is 46.3. The number of hydrogen-bond donors (Lipinski definition) is 3. The van der Waals surface area contributed by atoms with E-state index in [1.807, 2.05) is 0 Å². The van der Waals surface area contributed by atoms with Gasteiger partial charge in [-0.1, -0.05) is 174 Å². The second-order valence-corrected chi connectivity index (χ2v) is 26.1. The predicted octanol–water partition coefficient (Wildman–Crippen LogP) is 16.0. The molecule has 79 heavy (non-hydrogen) atoms. The third-order valence-electron chi connectivity index (χ3n) is 22.1. The van der Waals surface area contributed by atoms with Gasteiger partial charge < -0.3 is 16.0 Å². The average Bonchev–Trinajstić information content (AvgIpc) is 3.73. The molecule has 13 aliphatic carbocycles. The molecule has 0 radical (unpaired) electrons. The first kappa shape index (κ1) is 48.8. The van der Waals surface area contributed by atoms with E-state index < -0.39 is 0 Å². The van der Waals surface area contributed by atoms with Crippen LogP contribution in [0.25, 0.3) is 0 Å². The van der Waals surface area contributed by atoms with E-state index in [1.54, 1.807) is 72.5 Å². The Kier molecular flexibility index (Phi) is 12.7. The average molecular weight is 1040 g/mol. The van der Waals surface area contributed by atoms with Gasteiger partial charge in [0.1, 0.15) is 0 Å². The van der Waals surface area contributed by atoms with Gasteiger partial charge in [0.25, 0.3) is 0 Å². The molecule has 0 bridgehead atoms. The van der Waals surface area contributed by atoms with E-state index in [4.69, 9.17) is 4.99 Å². The lowest BCUT2D eigenvalue weighted by Crippen LogP contribution is -2.48. The molecule has 3 heterocycles. The summed E-state index contributed by atoms with van der Waals surface area (Å²) >= 11 is 0. The van der Waals surface area contributed by atoms with Crippen LogP contribution in [-0.4, -0.2) is 36.4 Å². The number of hydrogen-bond acceptors (Lipinski definition) is 4. The zero-order chi connectivity index (χ0) is 52.0. The largest absolute Gasteiger partial charge is 0.375 e. The number of nitrogens with one attached hydrogen (secondary N) is 3. The van der Waals surface area contributed by atoms with Crippen LogP contribution in [0.5, 0.6) is 0 Å². The van der Waals surface area contributed by atoms with Gasteiger partial charge in [0.2, 0.25) is 0 Å². The highest BCUT2D eigenvalue weighted by Crippen LogP contribution is 2.56. The maximum atomic E-state index is 5.00. The van der Waals surface area contributed by atoms with Crippen LogP contribution in [0.3, 0.4) is 0 Å². The molecule has 3 aliphatic heterocycles. The fourth-order valence-corrected chi connectivity index (χ4v) is 18.1. The molecule has 1 saturated heterocycles. The molecule has 14 atom stereocenters. The van der Waals surface area contributed by atoms with Gasteiger partial charge in [-0.2, -0.15) is 0 Å². The summed E-state index contributed by atoms with van der Waals surface area (Å²) in [7, 11) is 0. The molecule has 0 aromatic heterocycles. The minimum absolute atomic E-state index is 0.220. The van der Waals surface area contributed by atoms with Crippen molar-refractivity contribution < 1.29 is 0 Å². The van der Waals surface area contributed by atoms with Crippen molar-refractivity contribution in [2.24, 2.45) is 58.3 Å². The van der Waals surface area contributed by atoms with Crippen LogP contribution >= 0.6 is 0 Å². The Morgan fingerprint density at radius 2 is 1.43 bits per heavy atom. The Morgan fingerprint density at radius 3 is 2.37 bits per heavy atom. The van der Waals surface area contributed by atoms with Crippen LogP contribution in [0.15, 0.2) is 252 Å². The van der Waals surface area contributed by atoms with Crippen molar-refractivity contribution in [1.29, 1.82) is 0 Å². The van der Waals surface area contributed by atoms with E-state index in [0.717, 1.165) is 57.8 Å². The van der Waals surface area contributed by atoms with Crippen molar-refractivity contribution in [1.82, 2.24) is 16.0 Å². The highest BCUT2D eigenvalue weighted by Gasteiger charge is 2.46. The molecular weight excluding hydrogens is 957 g/mol. The predicted molar refractivity (Wildman–Crippen MR) is 326 cm³/mol. The van der Waals surface area contributed by atoms with E-state index in [1.165, 1.54) is 74.8 Å². The molecule has 0 aromatic carbocycles. The summed E-state index contributed by atoms with van der Waals surface area (Å²) in [5.41, 5.74) is 25.2. The highest BCUT2D eigenvalue weighted by molar-refractivity contribution is 5.70. The summed E-state index contributed by atoms with van der Waals surface area (Å²) in [5, 5.41) is 12.6. The fourth-order valence-electron chi connectivity index (χ4n) is 18.1. The van der Waals surface area contributed by atoms with E-state index in [0.29, 0.717) is 71.4 Å². The van der Waals surface area contributed by atoms with Gasteiger partial charge in [-0.3, -0.25) is 4.99 Å². The van der Waals surface area contributed by atoms with E-state index in [2.05, 4.69) is 180 Å². The SMILES string of the molecule is C1=CCC2C(=C1)C1=C(CCC(C3C=C4C(C5=CC=C(C6C=CC7CCC=CC7N6)CC5)CCC(C5=CCC(C6C=NC7=C(C=CCC7)N6)C=C5)NC4C(C4=CC=C5C6=C(CCC=C6)C6=C(C=CCC6)C5C4)C3)=C1)C1C=CC=CC12. The van der Waals surface area contributed by atoms with Crippen molar-refractivity contribution >= 4 is 6.21 Å². The van der Waals surface area contributed by atoms with Gasteiger partial charge in [0.05, 0.1) is 17.4 Å². The van der Waals surface area contributed by atoms with Gasteiger partial charge >= 0.3 is 0 Å². The topological polar surface area (TPSA) is 48.5 Å². The first-order chi connectivity index (χ1) is 39.1. The van der Waals surface area contributed by atoms with Crippen LogP contribution in [0, 0.1) is 53.3 Å². The summed E-state index contributed by atoms with van der Waals surface area (Å²) < 4.78 is 0. The highest BCUT2D eigenvalue weighted by atomic mass is 15.0. The Morgan fingerprint density at radius 1 is 0.557 bits per heavy atom. The third-order valence-corrected chi connectivity index (χ3v) is 22.1. The Bertz CT molecular complexity index is 3350. The molecule has 14 unspecified atom stereocenters. The van der Waals surface area contributed by atoms with Crippen molar-refractivity contribution in [2.75, 3.05) is 0 Å². The quantitative estimate of drug-likeness (QED) is 0.232. The molecule has 0 spiro atoms. The molecule has 16 rings (SSSR count). The number of fused-ring (bicyclic) bond motifs is 11. The van der Waals surface area contributed by atoms with Gasteiger partial charge in [-0.15, -0.1) is 0 Å². The summed E-state index contributed by atoms with van der Waals surface area (Å²) in [6, 6.07) is 1.55. The Labute approximate surface area is 471 Å². The Balaban J connectivity index is 0.793. The van der Waals surface area contributed by atoms with E-state index in [-0.39, 0.29) is 12.1 Å². The second-order valence-electron chi connectivity index (χ2n) is 26.1. The number of allylic oxidation sites excluding steroid dienone is 32. The molecule has 0 saturated carbocycles. The maximum Gasteiger partial charge on any atom is 0.0682 e. The smallest absolute Gasteiger partial charge is 0.0682 e. The van der Waals surface area contributed by atoms with Crippen LogP contribution in [0.4, 0.5) is 0 Å². The van der Waals surface area contributed by atoms with Crippen LogP contribution in [0.2, 0.25) is 0 Å². The minimum Gasteiger partial charge on any atom is -0.375 e. The van der Waals surface area contributed by atoms with Gasteiger partial charge in [-0.25, -0.2) is 0 Å². The molecule has 4 nitrogen and oxygen atoms in total. The van der Waals surface area contributed by atoms with Crippen molar-refractivity contribution in [3.8, 4) is 0 Å². The molecule has 400 valence electrons. The number of aliphatic imine (C=N–C) groups is 1. The molecule has 0 aromatic rings. The van der Waals surface area contributed by atoms with Crippen molar-refractivity contribution in [2.45, 2.75) is 146 Å². The minimum atomic E-state index is 0.220. The lowest BCUT2D eigenvalue weighted by molar-refractivity contribution is 0.330. The first-order valence-corrected chi connectivity index (χ1v) is 31.6. The number of nitrogens with zero attached hydrogens (tertiary/aromatic N) is 1. The molecule has 16 aliphatic rings. The van der Waals surface area contributed by atoms with E-state index in [9.17, 15) is 0 Å². The van der Waals surface area contributed by atoms with Gasteiger partial charge in [0, 0.05) is 60.0 Å². The van der Waals surface area contributed by atoms with Gasteiger partial charge in [-0.05, 0) is 201 Å². The monoisotopic (exact) mass is 1040 g/mol. The zero-order valence-electron chi connectivity index (χ0n) is 46.3. The molecule has 3 N–H and O–H groups in total. The summed E-state index contributed by atoms with van der Waals surface area (Å²) in [5.74, 6) is 4.30. The van der Waals surface area contributed by atoms with Crippen molar-refractivity contribution in [3.05, 3.63) is 247 Å². The molecule has 4 heteroatoms. The summed E-state index contributed by atoms with van der Waals surface area (Å²) in [6.07, 6.45) is 88.2. The molecule has 0 amide bonds. The lowest BCUT2D eigenvalue weighted by atomic mass is 9.59. The number of rotatable bonds is 6. The van der Waals surface area contributed by atoms with Crippen LogP contribution < -0.4 is 16.0 Å². The lowest BCUT2D eigenvalue weighted by Gasteiger charge is -2.46. The van der Waals surface area contributed by atoms with Gasteiger partial charge in [0.15, 0.2) is 0 Å². The second kappa shape index (κ2) is 20.5. The fraction of sp³-hybridized carbons (Fsp3) is 0.427. The molecular formula is C75H80N4. The first-order valence-electron chi connectivity index (χ1n) is 31.6. The summed E-state index contributed by atoms with van der Waals surface area (Å²) in [6.45, 7) is 0. The third kappa shape index (κ3) is 8.71. The van der Waals surface area contributed by atoms with Crippen LogP contribution in [0.1, 0.15) is 116 Å².